The maximum Gasteiger partial charge on any atom is 0.148 e. The first kappa shape index (κ1) is 19.6. The van der Waals surface area contributed by atoms with Crippen molar-refractivity contribution in [2.24, 2.45) is 0 Å². The molecule has 5 nitrogen and oxygen atoms in total. The standard InChI is InChI=1S/C23H26FN3O2/c1-29-20-11-9-17(10-12-20)23-18(14-26-13-5-4-6-19(26)16-28)15-27(25-23)22-8-3-2-7-21(22)24/h2-3,7-12,15,19,28H,4-6,13-14,16H2,1H3. The van der Waals surface area contributed by atoms with Crippen LogP contribution >= 0.6 is 0 Å². The van der Waals surface area contributed by atoms with Crippen LogP contribution < -0.4 is 4.74 Å². The number of benzene rings is 2. The van der Waals surface area contributed by atoms with Crippen LogP contribution in [0.1, 0.15) is 24.8 Å². The van der Waals surface area contributed by atoms with Gasteiger partial charge in [0.1, 0.15) is 17.3 Å². The minimum Gasteiger partial charge on any atom is -0.497 e. The minimum absolute atomic E-state index is 0.152. The van der Waals surface area contributed by atoms with Gasteiger partial charge in [-0.2, -0.15) is 5.10 Å². The second-order valence-corrected chi connectivity index (χ2v) is 7.43. The monoisotopic (exact) mass is 395 g/mol. The molecule has 2 aromatic carbocycles. The molecular formula is C23H26FN3O2. The molecule has 1 atom stereocenters. The Kier molecular flexibility index (Phi) is 5.92. The van der Waals surface area contributed by atoms with Crippen LogP contribution in [-0.2, 0) is 6.54 Å². The summed E-state index contributed by atoms with van der Waals surface area (Å²) in [5.41, 5.74) is 3.20. The number of aromatic nitrogens is 2. The number of halogens is 1. The lowest BCUT2D eigenvalue weighted by Gasteiger charge is -2.34. The lowest BCUT2D eigenvalue weighted by atomic mass is 10.0. The number of hydrogen-bond donors (Lipinski definition) is 1. The number of para-hydroxylation sites is 1. The fraction of sp³-hybridized carbons (Fsp3) is 0.348. The van der Waals surface area contributed by atoms with E-state index in [2.05, 4.69) is 4.90 Å². The summed E-state index contributed by atoms with van der Waals surface area (Å²) in [6, 6.07) is 14.5. The Balaban J connectivity index is 1.74. The smallest absolute Gasteiger partial charge is 0.148 e. The Hall–Kier alpha value is -2.70. The Morgan fingerprint density at radius 1 is 1.14 bits per heavy atom. The van der Waals surface area contributed by atoms with Gasteiger partial charge >= 0.3 is 0 Å². The number of aliphatic hydroxyl groups is 1. The van der Waals surface area contributed by atoms with E-state index in [1.807, 2.05) is 30.5 Å². The van der Waals surface area contributed by atoms with Crippen molar-refractivity contribution in [3.8, 4) is 22.7 Å². The van der Waals surface area contributed by atoms with Crippen LogP contribution in [0.15, 0.2) is 54.7 Å². The summed E-state index contributed by atoms with van der Waals surface area (Å²) in [6.45, 7) is 1.76. The van der Waals surface area contributed by atoms with Crippen LogP contribution in [0.25, 0.3) is 16.9 Å². The van der Waals surface area contributed by atoms with Crippen molar-refractivity contribution >= 4 is 0 Å². The van der Waals surface area contributed by atoms with Crippen molar-refractivity contribution in [1.29, 1.82) is 0 Å². The van der Waals surface area contributed by atoms with E-state index in [0.29, 0.717) is 12.2 Å². The third-order valence-corrected chi connectivity index (χ3v) is 5.59. The highest BCUT2D eigenvalue weighted by molar-refractivity contribution is 5.64. The first-order chi connectivity index (χ1) is 14.2. The van der Waals surface area contributed by atoms with Gasteiger partial charge in [0.25, 0.3) is 0 Å². The number of ether oxygens (including phenoxy) is 1. The van der Waals surface area contributed by atoms with Gasteiger partial charge in [-0.25, -0.2) is 9.07 Å². The number of methoxy groups -OCH3 is 1. The van der Waals surface area contributed by atoms with Crippen molar-refractivity contribution in [2.45, 2.75) is 31.8 Å². The summed E-state index contributed by atoms with van der Waals surface area (Å²) in [5.74, 6) is 0.467. The van der Waals surface area contributed by atoms with Crippen LogP contribution in [0.2, 0.25) is 0 Å². The molecular weight excluding hydrogens is 369 g/mol. The Morgan fingerprint density at radius 2 is 1.93 bits per heavy atom. The van der Waals surface area contributed by atoms with E-state index in [4.69, 9.17) is 9.84 Å². The molecule has 1 unspecified atom stereocenters. The quantitative estimate of drug-likeness (QED) is 0.685. The molecule has 152 valence electrons. The largest absolute Gasteiger partial charge is 0.497 e. The molecule has 0 aliphatic carbocycles. The second-order valence-electron chi connectivity index (χ2n) is 7.43. The number of likely N-dealkylation sites (tertiary alicyclic amines) is 1. The van der Waals surface area contributed by atoms with E-state index in [9.17, 15) is 9.50 Å². The Labute approximate surface area is 170 Å². The number of nitrogens with zero attached hydrogens (tertiary/aromatic N) is 3. The fourth-order valence-corrected chi connectivity index (χ4v) is 3.97. The van der Waals surface area contributed by atoms with Crippen molar-refractivity contribution in [2.75, 3.05) is 20.3 Å². The van der Waals surface area contributed by atoms with Gasteiger partial charge in [0.2, 0.25) is 0 Å². The van der Waals surface area contributed by atoms with Gasteiger partial charge in [0, 0.05) is 29.9 Å². The number of hydrogen-bond acceptors (Lipinski definition) is 4. The van der Waals surface area contributed by atoms with Gasteiger partial charge in [-0.05, 0) is 55.8 Å². The topological polar surface area (TPSA) is 50.5 Å². The molecule has 1 N–H and O–H groups in total. The SMILES string of the molecule is COc1ccc(-c2nn(-c3ccccc3F)cc2CN2CCCCC2CO)cc1. The van der Waals surface area contributed by atoms with E-state index in [1.54, 1.807) is 30.0 Å². The van der Waals surface area contributed by atoms with E-state index < -0.39 is 0 Å². The third kappa shape index (κ3) is 4.18. The van der Waals surface area contributed by atoms with Crippen molar-refractivity contribution in [1.82, 2.24) is 14.7 Å². The molecule has 0 radical (unpaired) electrons. The average Bonchev–Trinajstić information content (AvgIpc) is 3.18. The second kappa shape index (κ2) is 8.76. The lowest BCUT2D eigenvalue weighted by Crippen LogP contribution is -2.41. The Bertz CT molecular complexity index is 955. The zero-order chi connectivity index (χ0) is 20.2. The van der Waals surface area contributed by atoms with Gasteiger partial charge in [-0.3, -0.25) is 4.90 Å². The first-order valence-electron chi connectivity index (χ1n) is 10.0. The van der Waals surface area contributed by atoms with Crippen molar-refractivity contribution in [3.63, 3.8) is 0 Å². The summed E-state index contributed by atoms with van der Waals surface area (Å²) in [5, 5.41) is 14.5. The molecule has 1 aliphatic rings. The summed E-state index contributed by atoms with van der Waals surface area (Å²) in [4.78, 5) is 2.30. The Morgan fingerprint density at radius 3 is 2.66 bits per heavy atom. The zero-order valence-electron chi connectivity index (χ0n) is 16.6. The average molecular weight is 395 g/mol. The third-order valence-electron chi connectivity index (χ3n) is 5.59. The molecule has 0 spiro atoms. The van der Waals surface area contributed by atoms with Crippen molar-refractivity contribution in [3.05, 3.63) is 66.1 Å². The summed E-state index contributed by atoms with van der Waals surface area (Å²) < 4.78 is 21.2. The predicted octanol–water partition coefficient (Wildman–Crippen LogP) is 4.03. The van der Waals surface area contributed by atoms with Gasteiger partial charge in [-0.15, -0.1) is 0 Å². The summed E-state index contributed by atoms with van der Waals surface area (Å²) in [6.07, 6.45) is 5.16. The number of rotatable bonds is 6. The molecule has 0 amide bonds. The van der Waals surface area contributed by atoms with Gasteiger partial charge < -0.3 is 9.84 Å². The molecule has 1 aromatic heterocycles. The molecule has 6 heteroatoms. The minimum atomic E-state index is -0.311. The van der Waals surface area contributed by atoms with Crippen molar-refractivity contribution < 1.29 is 14.2 Å². The van der Waals surface area contributed by atoms with Crippen LogP contribution in [0.3, 0.4) is 0 Å². The van der Waals surface area contributed by atoms with E-state index in [1.165, 1.54) is 6.07 Å². The van der Waals surface area contributed by atoms with Crippen LogP contribution in [0.5, 0.6) is 5.75 Å². The van der Waals surface area contributed by atoms with Gasteiger partial charge in [0.05, 0.1) is 19.4 Å². The molecule has 1 fully saturated rings. The highest BCUT2D eigenvalue weighted by Crippen LogP contribution is 2.29. The molecule has 0 saturated carbocycles. The molecule has 29 heavy (non-hydrogen) atoms. The van der Waals surface area contributed by atoms with E-state index in [-0.39, 0.29) is 18.5 Å². The predicted molar refractivity (Wildman–Crippen MR) is 111 cm³/mol. The highest BCUT2D eigenvalue weighted by atomic mass is 19.1. The normalized spacial score (nSPS) is 17.4. The van der Waals surface area contributed by atoms with E-state index >= 15 is 0 Å². The van der Waals surface area contributed by atoms with Crippen LogP contribution in [-0.4, -0.2) is 46.1 Å². The molecule has 4 rings (SSSR count). The maximum absolute atomic E-state index is 14.4. The maximum atomic E-state index is 14.4. The highest BCUT2D eigenvalue weighted by Gasteiger charge is 2.24. The number of aliphatic hydroxyl groups excluding tert-OH is 1. The zero-order valence-corrected chi connectivity index (χ0v) is 16.6. The molecule has 1 aliphatic heterocycles. The molecule has 2 heterocycles. The fourth-order valence-electron chi connectivity index (χ4n) is 3.97. The van der Waals surface area contributed by atoms with Crippen LogP contribution in [0.4, 0.5) is 4.39 Å². The number of piperidine rings is 1. The van der Waals surface area contributed by atoms with Gasteiger partial charge in [0.15, 0.2) is 0 Å². The van der Waals surface area contributed by atoms with E-state index in [0.717, 1.165) is 48.4 Å². The van der Waals surface area contributed by atoms with Crippen LogP contribution in [0, 0.1) is 5.82 Å². The first-order valence-corrected chi connectivity index (χ1v) is 10.0. The molecule has 1 saturated heterocycles. The molecule has 3 aromatic rings. The summed E-state index contributed by atoms with van der Waals surface area (Å²) >= 11 is 0. The van der Waals surface area contributed by atoms with Gasteiger partial charge in [-0.1, -0.05) is 18.6 Å². The summed E-state index contributed by atoms with van der Waals surface area (Å²) in [7, 11) is 1.64. The lowest BCUT2D eigenvalue weighted by molar-refractivity contribution is 0.0842. The molecule has 0 bridgehead atoms.